The van der Waals surface area contributed by atoms with Crippen molar-refractivity contribution >= 4 is 50.3 Å². The van der Waals surface area contributed by atoms with Crippen LogP contribution in [-0.4, -0.2) is 31.8 Å². The fraction of sp³-hybridized carbons (Fsp3) is 0.0769. The molecule has 0 aliphatic carbocycles. The van der Waals surface area contributed by atoms with Crippen LogP contribution < -0.4 is 10.9 Å². The van der Waals surface area contributed by atoms with Gasteiger partial charge in [0.1, 0.15) is 5.39 Å². The van der Waals surface area contributed by atoms with E-state index in [4.69, 9.17) is 0 Å². The highest BCUT2D eigenvalue weighted by Gasteiger charge is 2.08. The van der Waals surface area contributed by atoms with E-state index in [9.17, 15) is 9.59 Å². The number of benzene rings is 1. The van der Waals surface area contributed by atoms with Gasteiger partial charge in [0.25, 0.3) is 5.56 Å². The van der Waals surface area contributed by atoms with Gasteiger partial charge in [-0.25, -0.2) is 4.98 Å². The zero-order valence-electron chi connectivity index (χ0n) is 11.1. The Bertz CT molecular complexity index is 874. The highest BCUT2D eigenvalue weighted by molar-refractivity contribution is 9.10. The lowest BCUT2D eigenvalue weighted by Crippen LogP contribution is -2.15. The third kappa shape index (κ3) is 3.37. The number of fused-ring (bicyclic) bond motifs is 1. The van der Waals surface area contributed by atoms with E-state index >= 15 is 0 Å². The molecule has 0 fully saturated rings. The molecular formula is C13H10BrN5O2S. The normalized spacial score (nSPS) is 10.8. The third-order valence-electron chi connectivity index (χ3n) is 2.77. The van der Waals surface area contributed by atoms with Crippen molar-refractivity contribution in [3.8, 4) is 0 Å². The van der Waals surface area contributed by atoms with Crippen molar-refractivity contribution in [2.45, 2.75) is 5.16 Å². The van der Waals surface area contributed by atoms with Gasteiger partial charge in [0.2, 0.25) is 5.91 Å². The van der Waals surface area contributed by atoms with Crippen LogP contribution in [0.3, 0.4) is 0 Å². The maximum atomic E-state index is 11.9. The van der Waals surface area contributed by atoms with Crippen molar-refractivity contribution in [1.82, 2.24) is 20.2 Å². The first-order valence-corrected chi connectivity index (χ1v) is 8.01. The van der Waals surface area contributed by atoms with E-state index in [-0.39, 0.29) is 17.2 Å². The summed E-state index contributed by atoms with van der Waals surface area (Å²) < 4.78 is 0.939. The van der Waals surface area contributed by atoms with E-state index in [1.54, 1.807) is 12.1 Å². The first kappa shape index (κ1) is 14.8. The van der Waals surface area contributed by atoms with Gasteiger partial charge >= 0.3 is 0 Å². The Labute approximate surface area is 137 Å². The summed E-state index contributed by atoms with van der Waals surface area (Å²) in [7, 11) is 0. The van der Waals surface area contributed by atoms with Crippen molar-refractivity contribution in [3.63, 3.8) is 0 Å². The molecule has 7 nitrogen and oxygen atoms in total. The summed E-state index contributed by atoms with van der Waals surface area (Å²) in [5, 5.41) is 9.92. The predicted octanol–water partition coefficient (Wildman–Crippen LogP) is 2.14. The third-order valence-corrected chi connectivity index (χ3v) is 4.17. The number of thioether (sulfide) groups is 1. The molecule has 2 heterocycles. The second-order valence-corrected chi connectivity index (χ2v) is 6.23. The molecule has 2 aromatic heterocycles. The van der Waals surface area contributed by atoms with Crippen LogP contribution in [0, 0.1) is 0 Å². The van der Waals surface area contributed by atoms with Gasteiger partial charge in [-0.05, 0) is 24.3 Å². The number of halogens is 1. The zero-order valence-corrected chi connectivity index (χ0v) is 13.5. The molecule has 3 rings (SSSR count). The van der Waals surface area contributed by atoms with Crippen LogP contribution in [-0.2, 0) is 4.79 Å². The lowest BCUT2D eigenvalue weighted by Gasteiger charge is -2.05. The summed E-state index contributed by atoms with van der Waals surface area (Å²) >= 11 is 4.48. The molecule has 0 spiro atoms. The number of H-pyrrole nitrogens is 2. The zero-order chi connectivity index (χ0) is 15.5. The number of rotatable bonds is 4. The molecule has 1 aromatic carbocycles. The van der Waals surface area contributed by atoms with Crippen LogP contribution in [0.4, 0.5) is 5.69 Å². The van der Waals surface area contributed by atoms with E-state index in [2.05, 4.69) is 41.4 Å². The monoisotopic (exact) mass is 379 g/mol. The van der Waals surface area contributed by atoms with Crippen molar-refractivity contribution in [2.75, 3.05) is 11.1 Å². The summed E-state index contributed by atoms with van der Waals surface area (Å²) in [5.41, 5.74) is 0.827. The Hall–Kier alpha value is -2.13. The number of carbonyl (C=O) groups excluding carboxylic acids is 1. The van der Waals surface area contributed by atoms with Crippen molar-refractivity contribution in [1.29, 1.82) is 0 Å². The molecular weight excluding hydrogens is 370 g/mol. The number of aromatic nitrogens is 4. The first-order valence-electron chi connectivity index (χ1n) is 6.23. The standard InChI is InChI=1S/C13H10BrN5O2S/c14-7-1-3-8(4-2-7)16-10(20)6-22-13-17-11-9(5-15-19-11)12(21)18-13/h1-5H,6H2,(H,16,20)(H2,15,17,18,19,21). The van der Waals surface area contributed by atoms with Gasteiger partial charge in [0.15, 0.2) is 10.8 Å². The molecule has 0 bridgehead atoms. The Morgan fingerprint density at radius 2 is 2.09 bits per heavy atom. The molecule has 0 aliphatic heterocycles. The van der Waals surface area contributed by atoms with Gasteiger partial charge in [-0.3, -0.25) is 14.7 Å². The Balaban J connectivity index is 1.64. The van der Waals surface area contributed by atoms with Crippen LogP contribution in [0.15, 0.2) is 44.9 Å². The molecule has 0 aliphatic rings. The number of anilines is 1. The Morgan fingerprint density at radius 1 is 1.32 bits per heavy atom. The molecule has 0 atom stereocenters. The van der Waals surface area contributed by atoms with Crippen LogP contribution in [0.5, 0.6) is 0 Å². The number of nitrogens with zero attached hydrogens (tertiary/aromatic N) is 2. The maximum Gasteiger partial charge on any atom is 0.262 e. The maximum absolute atomic E-state index is 11.9. The van der Waals surface area contributed by atoms with Crippen molar-refractivity contribution < 1.29 is 4.79 Å². The van der Waals surface area contributed by atoms with Gasteiger partial charge in [-0.1, -0.05) is 27.7 Å². The minimum Gasteiger partial charge on any atom is -0.325 e. The van der Waals surface area contributed by atoms with Crippen LogP contribution in [0.1, 0.15) is 0 Å². The van der Waals surface area contributed by atoms with Gasteiger partial charge < -0.3 is 10.3 Å². The van der Waals surface area contributed by atoms with E-state index in [1.165, 1.54) is 6.20 Å². The van der Waals surface area contributed by atoms with Crippen molar-refractivity contribution in [2.24, 2.45) is 0 Å². The van der Waals surface area contributed by atoms with Gasteiger partial charge in [0.05, 0.1) is 11.9 Å². The minimum atomic E-state index is -0.283. The van der Waals surface area contributed by atoms with Crippen molar-refractivity contribution in [3.05, 3.63) is 45.3 Å². The summed E-state index contributed by atoms with van der Waals surface area (Å²) in [5.74, 6) is -0.0433. The topological polar surface area (TPSA) is 104 Å². The van der Waals surface area contributed by atoms with E-state index < -0.39 is 0 Å². The quantitative estimate of drug-likeness (QED) is 0.475. The fourth-order valence-electron chi connectivity index (χ4n) is 1.76. The average molecular weight is 380 g/mol. The smallest absolute Gasteiger partial charge is 0.262 e. The number of nitrogens with one attached hydrogen (secondary N) is 3. The van der Waals surface area contributed by atoms with Crippen LogP contribution >= 0.6 is 27.7 Å². The number of hydrogen-bond donors (Lipinski definition) is 3. The lowest BCUT2D eigenvalue weighted by atomic mass is 10.3. The lowest BCUT2D eigenvalue weighted by molar-refractivity contribution is -0.113. The molecule has 22 heavy (non-hydrogen) atoms. The molecule has 0 saturated heterocycles. The fourth-order valence-corrected chi connectivity index (χ4v) is 2.68. The second-order valence-electron chi connectivity index (χ2n) is 4.35. The summed E-state index contributed by atoms with van der Waals surface area (Å²) in [6.45, 7) is 0. The van der Waals surface area contributed by atoms with Gasteiger partial charge in [0, 0.05) is 10.2 Å². The number of hydrogen-bond acceptors (Lipinski definition) is 5. The minimum absolute atomic E-state index is 0.138. The molecule has 3 aromatic rings. The molecule has 112 valence electrons. The first-order chi connectivity index (χ1) is 10.6. The van der Waals surface area contributed by atoms with Crippen LogP contribution in [0.25, 0.3) is 11.0 Å². The van der Waals surface area contributed by atoms with Gasteiger partial charge in [-0.15, -0.1) is 0 Å². The predicted molar refractivity (Wildman–Crippen MR) is 88.0 cm³/mol. The molecule has 0 unspecified atom stereocenters. The number of aromatic amines is 2. The second kappa shape index (κ2) is 6.32. The summed E-state index contributed by atoms with van der Waals surface area (Å²) in [4.78, 5) is 30.4. The average Bonchev–Trinajstić information content (AvgIpc) is 2.97. The largest absolute Gasteiger partial charge is 0.325 e. The summed E-state index contributed by atoms with van der Waals surface area (Å²) in [6, 6.07) is 7.27. The van der Waals surface area contributed by atoms with E-state index in [0.717, 1.165) is 16.2 Å². The number of amides is 1. The van der Waals surface area contributed by atoms with Gasteiger partial charge in [-0.2, -0.15) is 5.10 Å². The van der Waals surface area contributed by atoms with E-state index in [0.29, 0.717) is 21.9 Å². The molecule has 0 radical (unpaired) electrons. The molecule has 0 saturated carbocycles. The van der Waals surface area contributed by atoms with Crippen LogP contribution in [0.2, 0.25) is 0 Å². The SMILES string of the molecule is O=C(CSc1nc2[nH]ncc2c(=O)[nH]1)Nc1ccc(Br)cc1. The molecule has 1 amide bonds. The highest BCUT2D eigenvalue weighted by atomic mass is 79.9. The summed E-state index contributed by atoms with van der Waals surface area (Å²) in [6.07, 6.45) is 1.41. The molecule has 3 N–H and O–H groups in total. The molecule has 9 heteroatoms. The Kier molecular flexibility index (Phi) is 4.25. The number of carbonyl (C=O) groups is 1. The van der Waals surface area contributed by atoms with E-state index in [1.807, 2.05) is 12.1 Å². The Morgan fingerprint density at radius 3 is 2.86 bits per heavy atom. The highest BCUT2D eigenvalue weighted by Crippen LogP contribution is 2.16.